The highest BCUT2D eigenvalue weighted by Gasteiger charge is 2.21. The van der Waals surface area contributed by atoms with Gasteiger partial charge in [0.15, 0.2) is 0 Å². The molecule has 31 heavy (non-hydrogen) atoms. The van der Waals surface area contributed by atoms with E-state index in [2.05, 4.69) is 15.2 Å². The molecule has 0 bridgehead atoms. The van der Waals surface area contributed by atoms with Crippen LogP contribution in [0.2, 0.25) is 0 Å². The molecule has 0 aliphatic heterocycles. The van der Waals surface area contributed by atoms with Gasteiger partial charge in [-0.05, 0) is 69.2 Å². The fourth-order valence-electron chi connectivity index (χ4n) is 3.11. The maximum Gasteiger partial charge on any atom is 0.262 e. The Hall–Kier alpha value is -3.33. The molecule has 0 saturated carbocycles. The Morgan fingerprint density at radius 2 is 1.74 bits per heavy atom. The zero-order chi connectivity index (χ0) is 22.6. The van der Waals surface area contributed by atoms with Gasteiger partial charge in [-0.15, -0.1) is 0 Å². The van der Waals surface area contributed by atoms with Crippen molar-refractivity contribution < 1.29 is 22.5 Å². The summed E-state index contributed by atoms with van der Waals surface area (Å²) in [5.74, 6) is 0.663. The van der Waals surface area contributed by atoms with Gasteiger partial charge in [-0.2, -0.15) is 0 Å². The van der Waals surface area contributed by atoms with Crippen molar-refractivity contribution in [1.29, 1.82) is 0 Å². The minimum absolute atomic E-state index is 0.0666. The van der Waals surface area contributed by atoms with Crippen LogP contribution in [0.3, 0.4) is 0 Å². The van der Waals surface area contributed by atoms with Gasteiger partial charge in [-0.3, -0.25) is 9.52 Å². The summed E-state index contributed by atoms with van der Waals surface area (Å²) in [7, 11) is -3.88. The molecule has 9 heteroatoms. The van der Waals surface area contributed by atoms with E-state index < -0.39 is 15.9 Å². The Morgan fingerprint density at radius 1 is 1.06 bits per heavy atom. The van der Waals surface area contributed by atoms with Crippen LogP contribution in [0.1, 0.15) is 41.2 Å². The van der Waals surface area contributed by atoms with E-state index in [1.54, 1.807) is 50.2 Å². The van der Waals surface area contributed by atoms with Crippen molar-refractivity contribution in [2.24, 2.45) is 0 Å². The van der Waals surface area contributed by atoms with E-state index in [0.29, 0.717) is 52.7 Å². The van der Waals surface area contributed by atoms with Crippen LogP contribution in [0, 0.1) is 13.8 Å². The first-order valence-corrected chi connectivity index (χ1v) is 11.4. The maximum absolute atomic E-state index is 13.0. The van der Waals surface area contributed by atoms with Gasteiger partial charge in [-0.1, -0.05) is 18.1 Å². The highest BCUT2D eigenvalue weighted by molar-refractivity contribution is 7.92. The summed E-state index contributed by atoms with van der Waals surface area (Å²) < 4.78 is 39.0. The second-order valence-corrected chi connectivity index (χ2v) is 8.56. The number of anilines is 2. The lowest BCUT2D eigenvalue weighted by Crippen LogP contribution is -2.17. The van der Waals surface area contributed by atoms with E-state index in [0.717, 1.165) is 0 Å². The molecular weight excluding hydrogens is 418 g/mol. The molecule has 0 radical (unpaired) electrons. The van der Waals surface area contributed by atoms with Crippen molar-refractivity contribution >= 4 is 27.3 Å². The predicted molar refractivity (Wildman–Crippen MR) is 118 cm³/mol. The Bertz CT molecular complexity index is 1180. The molecule has 1 amide bonds. The van der Waals surface area contributed by atoms with Crippen molar-refractivity contribution in [2.45, 2.75) is 39.0 Å². The second-order valence-electron chi connectivity index (χ2n) is 6.91. The molecule has 0 fully saturated rings. The number of amides is 1. The lowest BCUT2D eigenvalue weighted by atomic mass is 10.1. The van der Waals surface area contributed by atoms with Crippen molar-refractivity contribution in [3.05, 3.63) is 65.0 Å². The van der Waals surface area contributed by atoms with Gasteiger partial charge in [0.05, 0.1) is 17.2 Å². The van der Waals surface area contributed by atoms with E-state index in [9.17, 15) is 13.2 Å². The lowest BCUT2D eigenvalue weighted by Gasteiger charge is -2.13. The quantitative estimate of drug-likeness (QED) is 0.537. The van der Waals surface area contributed by atoms with Gasteiger partial charge in [0, 0.05) is 11.4 Å². The Balaban J connectivity index is 1.84. The van der Waals surface area contributed by atoms with Crippen LogP contribution in [-0.2, 0) is 16.4 Å². The number of ether oxygens (including phenoxy) is 1. The first-order valence-electron chi connectivity index (χ1n) is 9.88. The average Bonchev–Trinajstić information content (AvgIpc) is 3.11. The van der Waals surface area contributed by atoms with Gasteiger partial charge in [0.2, 0.25) is 0 Å². The van der Waals surface area contributed by atoms with Crippen molar-refractivity contribution in [1.82, 2.24) is 5.16 Å². The number of hydrogen-bond donors (Lipinski definition) is 2. The molecule has 0 saturated heterocycles. The van der Waals surface area contributed by atoms with Crippen LogP contribution >= 0.6 is 0 Å². The Kier molecular flexibility index (Phi) is 6.65. The topological polar surface area (TPSA) is 111 Å². The van der Waals surface area contributed by atoms with Gasteiger partial charge in [0.1, 0.15) is 17.1 Å². The molecule has 164 valence electrons. The normalized spacial score (nSPS) is 11.2. The summed E-state index contributed by atoms with van der Waals surface area (Å²) in [5, 5.41) is 6.62. The molecule has 2 N–H and O–H groups in total. The molecule has 2 aromatic carbocycles. The first kappa shape index (κ1) is 22.4. The smallest absolute Gasteiger partial charge is 0.262 e. The van der Waals surface area contributed by atoms with Crippen molar-refractivity contribution in [3.8, 4) is 5.75 Å². The molecule has 3 rings (SSSR count). The van der Waals surface area contributed by atoms with E-state index in [1.165, 1.54) is 6.07 Å². The number of sulfonamides is 1. The molecule has 0 aliphatic rings. The zero-order valence-corrected chi connectivity index (χ0v) is 18.7. The zero-order valence-electron chi connectivity index (χ0n) is 17.9. The number of aryl methyl sites for hydroxylation is 3. The summed E-state index contributed by atoms with van der Waals surface area (Å²) >= 11 is 0. The highest BCUT2D eigenvalue weighted by atomic mass is 32.2. The third-order valence-electron chi connectivity index (χ3n) is 4.65. The standard InChI is InChI=1S/C22H25N3O5S/c1-5-19-21(15(4)30-24-19)22(26)23-17-8-7-14(3)20(13-17)31(27,28)25-16-9-11-18(12-10-16)29-6-2/h7-13,25H,5-6H2,1-4H3,(H,23,26). The van der Waals surface area contributed by atoms with Crippen LogP contribution in [0.25, 0.3) is 0 Å². The third kappa shape index (κ3) is 5.05. The number of rotatable bonds is 8. The molecule has 0 unspecified atom stereocenters. The van der Waals surface area contributed by atoms with Crippen LogP contribution in [0.4, 0.5) is 11.4 Å². The van der Waals surface area contributed by atoms with Crippen molar-refractivity contribution in [3.63, 3.8) is 0 Å². The van der Waals surface area contributed by atoms with Gasteiger partial charge < -0.3 is 14.6 Å². The molecule has 3 aromatic rings. The molecule has 8 nitrogen and oxygen atoms in total. The molecule has 1 heterocycles. The summed E-state index contributed by atoms with van der Waals surface area (Å²) in [4.78, 5) is 12.8. The van der Waals surface area contributed by atoms with Crippen molar-refractivity contribution in [2.75, 3.05) is 16.6 Å². The van der Waals surface area contributed by atoms with E-state index in [1.807, 2.05) is 13.8 Å². The van der Waals surface area contributed by atoms with Crippen LogP contribution in [-0.4, -0.2) is 26.1 Å². The molecule has 0 aliphatic carbocycles. The fraction of sp³-hybridized carbons (Fsp3) is 0.273. The molecule has 0 spiro atoms. The number of hydrogen-bond acceptors (Lipinski definition) is 6. The third-order valence-corrected chi connectivity index (χ3v) is 6.17. The van der Waals surface area contributed by atoms with Crippen LogP contribution in [0.15, 0.2) is 51.9 Å². The maximum atomic E-state index is 13.0. The van der Waals surface area contributed by atoms with Gasteiger partial charge >= 0.3 is 0 Å². The van der Waals surface area contributed by atoms with E-state index >= 15 is 0 Å². The number of nitrogens with zero attached hydrogens (tertiary/aromatic N) is 1. The minimum Gasteiger partial charge on any atom is -0.494 e. The summed E-state index contributed by atoms with van der Waals surface area (Å²) in [6.07, 6.45) is 0.541. The monoisotopic (exact) mass is 443 g/mol. The number of aromatic nitrogens is 1. The highest BCUT2D eigenvalue weighted by Crippen LogP contribution is 2.25. The summed E-state index contributed by atoms with van der Waals surface area (Å²) in [6.45, 7) is 7.62. The number of benzene rings is 2. The number of carbonyl (C=O) groups is 1. The van der Waals surface area contributed by atoms with E-state index in [4.69, 9.17) is 9.26 Å². The first-order chi connectivity index (χ1) is 14.7. The number of nitrogens with one attached hydrogen (secondary N) is 2. The molecule has 1 aromatic heterocycles. The summed E-state index contributed by atoms with van der Waals surface area (Å²) in [5.41, 5.74) is 2.22. The minimum atomic E-state index is -3.88. The van der Waals surface area contributed by atoms with Gasteiger partial charge in [0.25, 0.3) is 15.9 Å². The van der Waals surface area contributed by atoms with Crippen LogP contribution in [0.5, 0.6) is 5.75 Å². The fourth-order valence-corrected chi connectivity index (χ4v) is 4.44. The van der Waals surface area contributed by atoms with Gasteiger partial charge in [-0.25, -0.2) is 8.42 Å². The largest absolute Gasteiger partial charge is 0.494 e. The van der Waals surface area contributed by atoms with E-state index in [-0.39, 0.29) is 4.90 Å². The van der Waals surface area contributed by atoms with Crippen LogP contribution < -0.4 is 14.8 Å². The Morgan fingerprint density at radius 3 is 2.39 bits per heavy atom. The Labute approximate surface area is 181 Å². The SMILES string of the molecule is CCOc1ccc(NS(=O)(=O)c2cc(NC(=O)c3c(CC)noc3C)ccc2C)cc1. The predicted octanol–water partition coefficient (Wildman–Crippen LogP) is 4.31. The lowest BCUT2D eigenvalue weighted by molar-refractivity contribution is 0.102. The molecule has 0 atom stereocenters. The average molecular weight is 444 g/mol. The molecular formula is C22H25N3O5S. The number of carbonyl (C=O) groups excluding carboxylic acids is 1. The second kappa shape index (κ2) is 9.22. The summed E-state index contributed by atoms with van der Waals surface area (Å²) in [6, 6.07) is 11.4.